The summed E-state index contributed by atoms with van der Waals surface area (Å²) in [6.07, 6.45) is 0.567. The highest BCUT2D eigenvalue weighted by atomic mass is 16.6. The number of hydrogen-bond acceptors (Lipinski definition) is 5. The molecule has 1 aliphatic heterocycles. The van der Waals surface area contributed by atoms with Crippen molar-refractivity contribution in [3.05, 3.63) is 27.8 Å². The Balaban J connectivity index is 2.53. The summed E-state index contributed by atoms with van der Waals surface area (Å²) < 4.78 is 0. The standard InChI is InChI=1S/C12H12N4O4/c13-7-8-5-11(16(19)20)9(14-12(17)18)6-10(8)15-3-1-2-4-15/h5-6,14H,1-4H2,(H,17,18). The molecule has 0 unspecified atom stereocenters. The fourth-order valence-corrected chi connectivity index (χ4v) is 2.25. The number of nitrogens with one attached hydrogen (secondary N) is 1. The molecule has 1 saturated heterocycles. The molecule has 1 fully saturated rings. The van der Waals surface area contributed by atoms with Crippen molar-refractivity contribution in [1.82, 2.24) is 0 Å². The molecule has 0 spiro atoms. The summed E-state index contributed by atoms with van der Waals surface area (Å²) in [4.78, 5) is 22.9. The van der Waals surface area contributed by atoms with E-state index < -0.39 is 16.7 Å². The maximum absolute atomic E-state index is 11.0. The average molecular weight is 276 g/mol. The summed E-state index contributed by atoms with van der Waals surface area (Å²) in [7, 11) is 0. The zero-order chi connectivity index (χ0) is 14.7. The summed E-state index contributed by atoms with van der Waals surface area (Å²) in [6.45, 7) is 1.50. The number of nitriles is 1. The maximum atomic E-state index is 11.0. The van der Waals surface area contributed by atoms with Crippen molar-refractivity contribution >= 4 is 23.2 Å². The number of nitro benzene ring substituents is 1. The van der Waals surface area contributed by atoms with E-state index in [4.69, 9.17) is 10.4 Å². The lowest BCUT2D eigenvalue weighted by Crippen LogP contribution is -2.20. The van der Waals surface area contributed by atoms with Crippen LogP contribution in [0.4, 0.5) is 21.9 Å². The van der Waals surface area contributed by atoms with Crippen LogP contribution in [0, 0.1) is 21.4 Å². The molecule has 0 saturated carbocycles. The number of amides is 1. The normalized spacial score (nSPS) is 13.8. The van der Waals surface area contributed by atoms with E-state index in [0.29, 0.717) is 5.69 Å². The number of rotatable bonds is 3. The van der Waals surface area contributed by atoms with E-state index >= 15 is 0 Å². The second-order valence-corrected chi connectivity index (χ2v) is 4.38. The Morgan fingerprint density at radius 1 is 1.45 bits per heavy atom. The van der Waals surface area contributed by atoms with Gasteiger partial charge >= 0.3 is 6.09 Å². The van der Waals surface area contributed by atoms with Gasteiger partial charge in [0.1, 0.15) is 11.8 Å². The van der Waals surface area contributed by atoms with Crippen molar-refractivity contribution in [1.29, 1.82) is 5.26 Å². The molecular weight excluding hydrogens is 264 g/mol. The topological polar surface area (TPSA) is 120 Å². The Morgan fingerprint density at radius 2 is 2.10 bits per heavy atom. The monoisotopic (exact) mass is 276 g/mol. The minimum absolute atomic E-state index is 0.122. The van der Waals surface area contributed by atoms with Crippen LogP contribution >= 0.6 is 0 Å². The van der Waals surface area contributed by atoms with Gasteiger partial charge in [0.15, 0.2) is 0 Å². The van der Waals surface area contributed by atoms with Crippen LogP contribution in [-0.4, -0.2) is 29.2 Å². The van der Waals surface area contributed by atoms with Crippen LogP contribution in [0.1, 0.15) is 18.4 Å². The molecule has 0 aliphatic carbocycles. The van der Waals surface area contributed by atoms with Crippen molar-refractivity contribution in [2.45, 2.75) is 12.8 Å². The summed E-state index contributed by atoms with van der Waals surface area (Å²) in [5.74, 6) is 0. The molecule has 104 valence electrons. The van der Waals surface area contributed by atoms with Crippen molar-refractivity contribution in [2.75, 3.05) is 23.3 Å². The predicted octanol–water partition coefficient (Wildman–Crippen LogP) is 2.16. The van der Waals surface area contributed by atoms with Gasteiger partial charge < -0.3 is 10.0 Å². The molecule has 8 heteroatoms. The molecule has 8 nitrogen and oxygen atoms in total. The Labute approximate surface area is 114 Å². The Hall–Kier alpha value is -2.82. The van der Waals surface area contributed by atoms with Crippen LogP contribution in [0.5, 0.6) is 0 Å². The molecule has 0 radical (unpaired) electrons. The molecule has 0 aromatic heterocycles. The van der Waals surface area contributed by atoms with E-state index in [1.807, 2.05) is 16.3 Å². The molecule has 1 aromatic carbocycles. The van der Waals surface area contributed by atoms with Crippen molar-refractivity contribution in [3.8, 4) is 6.07 Å². The van der Waals surface area contributed by atoms with Gasteiger partial charge in [-0.3, -0.25) is 15.4 Å². The van der Waals surface area contributed by atoms with E-state index in [1.54, 1.807) is 0 Å². The van der Waals surface area contributed by atoms with E-state index in [2.05, 4.69) is 0 Å². The Morgan fingerprint density at radius 3 is 2.60 bits per heavy atom. The largest absolute Gasteiger partial charge is 0.465 e. The smallest absolute Gasteiger partial charge is 0.409 e. The molecular formula is C12H12N4O4. The molecule has 1 aromatic rings. The zero-order valence-corrected chi connectivity index (χ0v) is 10.5. The molecule has 1 heterocycles. The summed E-state index contributed by atoms with van der Waals surface area (Å²) in [5.41, 5.74) is 0.157. The average Bonchev–Trinajstić information content (AvgIpc) is 2.90. The quantitative estimate of drug-likeness (QED) is 0.644. The Bertz CT molecular complexity index is 602. The maximum Gasteiger partial charge on any atom is 0.409 e. The third kappa shape index (κ3) is 2.61. The van der Waals surface area contributed by atoms with Crippen LogP contribution < -0.4 is 10.2 Å². The number of nitro groups is 1. The number of hydrogen-bond donors (Lipinski definition) is 2. The first-order valence-corrected chi connectivity index (χ1v) is 6.00. The highest BCUT2D eigenvalue weighted by molar-refractivity contribution is 5.89. The van der Waals surface area contributed by atoms with Gasteiger partial charge in [0.25, 0.3) is 5.69 Å². The minimum Gasteiger partial charge on any atom is -0.465 e. The van der Waals surface area contributed by atoms with Crippen molar-refractivity contribution < 1.29 is 14.8 Å². The number of carbonyl (C=O) groups is 1. The first-order chi connectivity index (χ1) is 9.52. The van der Waals surface area contributed by atoms with E-state index in [0.717, 1.165) is 32.0 Å². The second-order valence-electron chi connectivity index (χ2n) is 4.38. The molecule has 1 amide bonds. The van der Waals surface area contributed by atoms with Crippen LogP contribution in [0.15, 0.2) is 12.1 Å². The first-order valence-electron chi connectivity index (χ1n) is 6.00. The zero-order valence-electron chi connectivity index (χ0n) is 10.5. The van der Waals surface area contributed by atoms with E-state index in [9.17, 15) is 14.9 Å². The number of anilines is 2. The van der Waals surface area contributed by atoms with Crippen LogP contribution in [-0.2, 0) is 0 Å². The summed E-state index contributed by atoms with van der Waals surface area (Å²) in [5, 5.41) is 30.8. The van der Waals surface area contributed by atoms with Gasteiger partial charge in [-0.2, -0.15) is 5.26 Å². The predicted molar refractivity (Wildman–Crippen MR) is 70.9 cm³/mol. The van der Waals surface area contributed by atoms with Gasteiger partial charge in [0, 0.05) is 19.2 Å². The second kappa shape index (κ2) is 5.44. The van der Waals surface area contributed by atoms with Gasteiger partial charge in [-0.25, -0.2) is 4.79 Å². The van der Waals surface area contributed by atoms with Crippen LogP contribution in [0.25, 0.3) is 0 Å². The fraction of sp³-hybridized carbons (Fsp3) is 0.333. The number of nitrogens with zero attached hydrogens (tertiary/aromatic N) is 3. The molecule has 2 N–H and O–H groups in total. The minimum atomic E-state index is -1.38. The van der Waals surface area contributed by atoms with Gasteiger partial charge in [-0.15, -0.1) is 0 Å². The molecule has 0 bridgehead atoms. The van der Waals surface area contributed by atoms with Gasteiger partial charge in [-0.1, -0.05) is 0 Å². The third-order valence-corrected chi connectivity index (χ3v) is 3.12. The number of carboxylic acid groups (broad SMARTS) is 1. The Kier molecular flexibility index (Phi) is 3.70. The van der Waals surface area contributed by atoms with Gasteiger partial charge in [-0.05, 0) is 18.9 Å². The number of benzene rings is 1. The lowest BCUT2D eigenvalue weighted by molar-refractivity contribution is -0.383. The van der Waals surface area contributed by atoms with Crippen molar-refractivity contribution in [2.24, 2.45) is 0 Å². The van der Waals surface area contributed by atoms with E-state index in [-0.39, 0.29) is 11.3 Å². The van der Waals surface area contributed by atoms with Gasteiger partial charge in [0.2, 0.25) is 0 Å². The first kappa shape index (κ1) is 13.6. The highest BCUT2D eigenvalue weighted by Crippen LogP contribution is 2.34. The third-order valence-electron chi connectivity index (χ3n) is 3.12. The lowest BCUT2D eigenvalue weighted by atomic mass is 10.1. The summed E-state index contributed by atoms with van der Waals surface area (Å²) in [6, 6.07) is 4.39. The SMILES string of the molecule is N#Cc1cc([N+](=O)[O-])c(NC(=O)O)cc1N1CCCC1. The highest BCUT2D eigenvalue weighted by Gasteiger charge is 2.23. The molecule has 20 heavy (non-hydrogen) atoms. The summed E-state index contributed by atoms with van der Waals surface area (Å²) >= 11 is 0. The molecule has 1 aliphatic rings. The van der Waals surface area contributed by atoms with Gasteiger partial charge in [0.05, 0.1) is 16.2 Å². The molecule has 0 atom stereocenters. The van der Waals surface area contributed by atoms with Crippen LogP contribution in [0.2, 0.25) is 0 Å². The van der Waals surface area contributed by atoms with Crippen molar-refractivity contribution in [3.63, 3.8) is 0 Å². The van der Waals surface area contributed by atoms with E-state index in [1.165, 1.54) is 6.07 Å². The lowest BCUT2D eigenvalue weighted by Gasteiger charge is -2.19. The fourth-order valence-electron chi connectivity index (χ4n) is 2.25. The molecule has 2 rings (SSSR count). The van der Waals surface area contributed by atoms with Crippen LogP contribution in [0.3, 0.4) is 0 Å².